The average Bonchev–Trinajstić information content (AvgIpc) is 2.35. The molecular weight excluding hydrogens is 296 g/mol. The standard InChI is InChI=1S/C18H28O3S/c1-17(2,3)13-9-12(11-15(19)21-7-8-22)10-14(16(13)20)18(4,5)6/h9-10,20,22H,7-8,11H2,1-6H3. The lowest BCUT2D eigenvalue weighted by atomic mass is 9.78. The van der Waals surface area contributed by atoms with Gasteiger partial charge in [-0.25, -0.2) is 0 Å². The number of aromatic hydroxyl groups is 1. The van der Waals surface area contributed by atoms with Gasteiger partial charge < -0.3 is 9.84 Å². The van der Waals surface area contributed by atoms with Gasteiger partial charge in [-0.3, -0.25) is 4.79 Å². The number of hydrogen-bond acceptors (Lipinski definition) is 4. The zero-order chi connectivity index (χ0) is 17.1. The van der Waals surface area contributed by atoms with E-state index in [4.69, 9.17) is 4.74 Å². The molecule has 0 aromatic heterocycles. The molecule has 0 radical (unpaired) electrons. The molecule has 124 valence electrons. The number of rotatable bonds is 4. The first-order valence-electron chi connectivity index (χ1n) is 7.60. The van der Waals surface area contributed by atoms with Gasteiger partial charge >= 0.3 is 5.97 Å². The molecular formula is C18H28O3S. The van der Waals surface area contributed by atoms with Crippen molar-refractivity contribution in [2.24, 2.45) is 0 Å². The molecule has 1 N–H and O–H groups in total. The number of phenolic OH excluding ortho intramolecular Hbond substituents is 1. The molecule has 1 rings (SSSR count). The van der Waals surface area contributed by atoms with Crippen molar-refractivity contribution in [2.45, 2.75) is 58.8 Å². The predicted octanol–water partition coefficient (Wildman–Crippen LogP) is 4.00. The summed E-state index contributed by atoms with van der Waals surface area (Å²) in [5, 5.41) is 10.6. The summed E-state index contributed by atoms with van der Waals surface area (Å²) in [5.74, 6) is 0.578. The van der Waals surface area contributed by atoms with E-state index in [0.29, 0.717) is 18.1 Å². The number of hydrogen-bond donors (Lipinski definition) is 2. The molecule has 0 spiro atoms. The smallest absolute Gasteiger partial charge is 0.310 e. The molecule has 0 aliphatic rings. The molecule has 0 saturated heterocycles. The first kappa shape index (κ1) is 18.9. The molecule has 0 fully saturated rings. The van der Waals surface area contributed by atoms with Crippen LogP contribution in [0.3, 0.4) is 0 Å². The molecule has 0 heterocycles. The third-order valence-electron chi connectivity index (χ3n) is 3.49. The highest BCUT2D eigenvalue weighted by atomic mass is 32.1. The molecule has 0 aliphatic heterocycles. The van der Waals surface area contributed by atoms with E-state index in [-0.39, 0.29) is 23.2 Å². The van der Waals surface area contributed by atoms with Gasteiger partial charge in [0.1, 0.15) is 12.4 Å². The van der Waals surface area contributed by atoms with E-state index in [1.54, 1.807) is 0 Å². The van der Waals surface area contributed by atoms with Crippen molar-refractivity contribution in [1.82, 2.24) is 0 Å². The summed E-state index contributed by atoms with van der Waals surface area (Å²) in [6.07, 6.45) is 0.209. The van der Waals surface area contributed by atoms with Crippen LogP contribution in [0.25, 0.3) is 0 Å². The van der Waals surface area contributed by atoms with Crippen molar-refractivity contribution in [1.29, 1.82) is 0 Å². The Hall–Kier alpha value is -1.16. The zero-order valence-corrected chi connectivity index (χ0v) is 15.4. The van der Waals surface area contributed by atoms with Crippen LogP contribution in [0.2, 0.25) is 0 Å². The van der Waals surface area contributed by atoms with Crippen molar-refractivity contribution in [3.63, 3.8) is 0 Å². The fraction of sp³-hybridized carbons (Fsp3) is 0.611. The van der Waals surface area contributed by atoms with E-state index in [0.717, 1.165) is 16.7 Å². The topological polar surface area (TPSA) is 46.5 Å². The minimum atomic E-state index is -0.264. The quantitative estimate of drug-likeness (QED) is 0.650. The number of carbonyl (C=O) groups is 1. The van der Waals surface area contributed by atoms with E-state index in [1.165, 1.54) is 0 Å². The van der Waals surface area contributed by atoms with Crippen molar-refractivity contribution in [3.05, 3.63) is 28.8 Å². The Morgan fingerprint density at radius 3 is 1.91 bits per heavy atom. The molecule has 22 heavy (non-hydrogen) atoms. The summed E-state index contributed by atoms with van der Waals surface area (Å²) in [4.78, 5) is 11.9. The molecule has 0 aliphatic carbocycles. The Labute approximate surface area is 139 Å². The highest BCUT2D eigenvalue weighted by Crippen LogP contribution is 2.39. The number of thiol groups is 1. The van der Waals surface area contributed by atoms with Gasteiger partial charge in [-0.15, -0.1) is 0 Å². The molecule has 0 bridgehead atoms. The first-order valence-corrected chi connectivity index (χ1v) is 8.23. The highest BCUT2D eigenvalue weighted by molar-refractivity contribution is 7.80. The average molecular weight is 324 g/mol. The summed E-state index contributed by atoms with van der Waals surface area (Å²) >= 11 is 4.03. The summed E-state index contributed by atoms with van der Waals surface area (Å²) in [6, 6.07) is 3.82. The van der Waals surface area contributed by atoms with Crippen molar-refractivity contribution >= 4 is 18.6 Å². The minimum Gasteiger partial charge on any atom is -0.507 e. The van der Waals surface area contributed by atoms with E-state index in [2.05, 4.69) is 54.2 Å². The maximum absolute atomic E-state index is 11.9. The number of benzene rings is 1. The van der Waals surface area contributed by atoms with Crippen LogP contribution in [0, 0.1) is 0 Å². The van der Waals surface area contributed by atoms with Gasteiger partial charge in [-0.05, 0) is 27.5 Å². The van der Waals surface area contributed by atoms with E-state index >= 15 is 0 Å². The summed E-state index contributed by atoms with van der Waals surface area (Å²) in [7, 11) is 0. The normalized spacial score (nSPS) is 12.3. The monoisotopic (exact) mass is 324 g/mol. The van der Waals surface area contributed by atoms with E-state index in [9.17, 15) is 9.90 Å². The second kappa shape index (κ2) is 6.95. The number of esters is 1. The molecule has 0 saturated carbocycles. The van der Waals surface area contributed by atoms with Crippen molar-refractivity contribution in [2.75, 3.05) is 12.4 Å². The molecule has 4 heteroatoms. The lowest BCUT2D eigenvalue weighted by Crippen LogP contribution is -2.19. The molecule has 1 aromatic carbocycles. The third kappa shape index (κ3) is 4.94. The molecule has 3 nitrogen and oxygen atoms in total. The SMILES string of the molecule is CC(C)(C)c1cc(CC(=O)OCCS)cc(C(C)(C)C)c1O. The van der Waals surface area contributed by atoms with Crippen LogP contribution >= 0.6 is 12.6 Å². The summed E-state index contributed by atoms with van der Waals surface area (Å²) in [6.45, 7) is 12.6. The van der Waals surface area contributed by atoms with Crippen LogP contribution in [0.5, 0.6) is 5.75 Å². The predicted molar refractivity (Wildman–Crippen MR) is 94.0 cm³/mol. The van der Waals surface area contributed by atoms with Crippen LogP contribution in [0.15, 0.2) is 12.1 Å². The van der Waals surface area contributed by atoms with Gasteiger partial charge in [0, 0.05) is 5.75 Å². The molecule has 1 aromatic rings. The van der Waals surface area contributed by atoms with E-state index in [1.807, 2.05) is 12.1 Å². The second-order valence-electron chi connectivity index (χ2n) is 7.66. The Morgan fingerprint density at radius 2 is 1.55 bits per heavy atom. The highest BCUT2D eigenvalue weighted by Gasteiger charge is 2.26. The number of ether oxygens (including phenoxy) is 1. The lowest BCUT2D eigenvalue weighted by molar-refractivity contribution is -0.142. The van der Waals surface area contributed by atoms with Crippen LogP contribution in [0.4, 0.5) is 0 Å². The fourth-order valence-electron chi connectivity index (χ4n) is 2.32. The lowest BCUT2D eigenvalue weighted by Gasteiger charge is -2.28. The minimum absolute atomic E-state index is 0.199. The largest absolute Gasteiger partial charge is 0.507 e. The first-order chi connectivity index (χ1) is 9.96. The zero-order valence-electron chi connectivity index (χ0n) is 14.5. The number of phenols is 1. The van der Waals surface area contributed by atoms with Crippen LogP contribution in [0.1, 0.15) is 58.2 Å². The maximum atomic E-state index is 11.9. The van der Waals surface area contributed by atoms with Crippen LogP contribution < -0.4 is 0 Å². The van der Waals surface area contributed by atoms with Crippen LogP contribution in [-0.2, 0) is 26.8 Å². The van der Waals surface area contributed by atoms with Crippen LogP contribution in [-0.4, -0.2) is 23.4 Å². The molecule has 0 atom stereocenters. The maximum Gasteiger partial charge on any atom is 0.310 e. The Morgan fingerprint density at radius 1 is 1.09 bits per heavy atom. The van der Waals surface area contributed by atoms with Crippen molar-refractivity contribution < 1.29 is 14.6 Å². The van der Waals surface area contributed by atoms with E-state index < -0.39 is 0 Å². The molecule has 0 amide bonds. The fourth-order valence-corrected chi connectivity index (χ4v) is 2.41. The summed E-state index contributed by atoms with van der Waals surface area (Å²) in [5.41, 5.74) is 2.19. The van der Waals surface area contributed by atoms with Gasteiger partial charge in [-0.1, -0.05) is 53.7 Å². The number of carbonyl (C=O) groups excluding carboxylic acids is 1. The van der Waals surface area contributed by atoms with Gasteiger partial charge in [0.2, 0.25) is 0 Å². The Balaban J connectivity index is 3.27. The summed E-state index contributed by atoms with van der Waals surface area (Å²) < 4.78 is 5.10. The van der Waals surface area contributed by atoms with Gasteiger partial charge in [0.15, 0.2) is 0 Å². The van der Waals surface area contributed by atoms with Gasteiger partial charge in [0.25, 0.3) is 0 Å². The molecule has 0 unspecified atom stereocenters. The second-order valence-corrected chi connectivity index (χ2v) is 8.11. The van der Waals surface area contributed by atoms with Crippen molar-refractivity contribution in [3.8, 4) is 5.75 Å². The Kier molecular flexibility index (Phi) is 5.96. The van der Waals surface area contributed by atoms with Gasteiger partial charge in [-0.2, -0.15) is 12.6 Å². The third-order valence-corrected chi connectivity index (χ3v) is 3.67. The Bertz CT molecular complexity index is 501. The van der Waals surface area contributed by atoms with Gasteiger partial charge in [0.05, 0.1) is 6.42 Å².